The molecule has 1 unspecified atom stereocenters. The second-order valence-corrected chi connectivity index (χ2v) is 7.67. The van der Waals surface area contributed by atoms with Crippen molar-refractivity contribution in [3.63, 3.8) is 0 Å². The molecule has 0 radical (unpaired) electrons. The van der Waals surface area contributed by atoms with Crippen LogP contribution in [0.15, 0.2) is 65.2 Å². The Hall–Kier alpha value is -2.04. The number of rotatable bonds is 4. The van der Waals surface area contributed by atoms with Crippen molar-refractivity contribution in [3.05, 3.63) is 77.6 Å². The highest BCUT2D eigenvalue weighted by molar-refractivity contribution is 7.99. The monoisotopic (exact) mass is 350 g/mol. The molecule has 3 nitrogen and oxygen atoms in total. The van der Waals surface area contributed by atoms with Crippen molar-refractivity contribution in [1.29, 1.82) is 0 Å². The first kappa shape index (κ1) is 16.4. The van der Waals surface area contributed by atoms with Gasteiger partial charge >= 0.3 is 0 Å². The summed E-state index contributed by atoms with van der Waals surface area (Å²) in [6.45, 7) is 4.01. The van der Waals surface area contributed by atoms with Crippen LogP contribution in [0.25, 0.3) is 11.3 Å². The highest BCUT2D eigenvalue weighted by atomic mass is 32.2. The highest BCUT2D eigenvalue weighted by Crippen LogP contribution is 2.31. The summed E-state index contributed by atoms with van der Waals surface area (Å²) in [4.78, 5) is 2.51. The molecule has 1 atom stereocenters. The van der Waals surface area contributed by atoms with Crippen LogP contribution in [0.3, 0.4) is 0 Å². The molecule has 1 aliphatic rings. The van der Waals surface area contributed by atoms with Crippen LogP contribution in [0, 0.1) is 6.92 Å². The minimum absolute atomic E-state index is 0.435. The Balaban J connectivity index is 1.52. The average molecular weight is 350 g/mol. The fourth-order valence-corrected chi connectivity index (χ4v) is 4.41. The molecule has 1 fully saturated rings. The molecule has 2 heterocycles. The van der Waals surface area contributed by atoms with Gasteiger partial charge in [-0.25, -0.2) is 0 Å². The zero-order valence-corrected chi connectivity index (χ0v) is 15.2. The van der Waals surface area contributed by atoms with E-state index in [1.807, 2.05) is 30.0 Å². The van der Waals surface area contributed by atoms with Gasteiger partial charge in [-0.3, -0.25) is 4.90 Å². The summed E-state index contributed by atoms with van der Waals surface area (Å²) in [6, 6.07) is 21.6. The maximum atomic E-state index is 5.63. The van der Waals surface area contributed by atoms with Crippen molar-refractivity contribution >= 4 is 11.8 Å². The van der Waals surface area contributed by atoms with E-state index >= 15 is 0 Å². The van der Waals surface area contributed by atoms with Crippen LogP contribution < -0.4 is 0 Å². The normalized spacial score (nSPS) is 18.4. The number of aryl methyl sites for hydroxylation is 1. The summed E-state index contributed by atoms with van der Waals surface area (Å²) in [5, 5.41) is 4.25. The molecule has 1 aliphatic heterocycles. The molecular formula is C21H22N2OS. The standard InChI is InChI=1S/C21H22N2OS/c1-16-7-9-18(10-8-16)21-15-25-12-11-23(21)14-19-13-20(22-24-19)17-5-3-2-4-6-17/h2-10,13,21H,11-12,14-15H2,1H3. The van der Waals surface area contributed by atoms with Crippen LogP contribution >= 0.6 is 11.8 Å². The molecule has 2 aromatic carbocycles. The van der Waals surface area contributed by atoms with Gasteiger partial charge in [0.25, 0.3) is 0 Å². The van der Waals surface area contributed by atoms with Gasteiger partial charge in [0.05, 0.1) is 6.54 Å². The van der Waals surface area contributed by atoms with Gasteiger partial charge in [-0.2, -0.15) is 11.8 Å². The number of aromatic nitrogens is 1. The van der Waals surface area contributed by atoms with Crippen molar-refractivity contribution in [2.45, 2.75) is 19.5 Å². The molecule has 4 rings (SSSR count). The summed E-state index contributed by atoms with van der Waals surface area (Å²) < 4.78 is 5.63. The van der Waals surface area contributed by atoms with E-state index in [2.05, 4.69) is 59.4 Å². The van der Waals surface area contributed by atoms with Crippen molar-refractivity contribution < 1.29 is 4.52 Å². The van der Waals surface area contributed by atoms with E-state index in [0.29, 0.717) is 6.04 Å². The Morgan fingerprint density at radius 3 is 2.72 bits per heavy atom. The van der Waals surface area contributed by atoms with Gasteiger partial charge in [0.2, 0.25) is 0 Å². The molecule has 4 heteroatoms. The maximum absolute atomic E-state index is 5.63. The maximum Gasteiger partial charge on any atom is 0.151 e. The zero-order chi connectivity index (χ0) is 17.1. The van der Waals surface area contributed by atoms with Crippen LogP contribution in [-0.4, -0.2) is 28.1 Å². The smallest absolute Gasteiger partial charge is 0.151 e. The van der Waals surface area contributed by atoms with Crippen LogP contribution in [0.5, 0.6) is 0 Å². The number of hydrogen-bond donors (Lipinski definition) is 0. The van der Waals surface area contributed by atoms with Gasteiger partial charge in [0, 0.05) is 35.7 Å². The average Bonchev–Trinajstić information content (AvgIpc) is 3.12. The lowest BCUT2D eigenvalue weighted by atomic mass is 10.0. The molecule has 0 aliphatic carbocycles. The van der Waals surface area contributed by atoms with Crippen LogP contribution in [0.2, 0.25) is 0 Å². The third kappa shape index (κ3) is 3.80. The molecule has 25 heavy (non-hydrogen) atoms. The number of thioether (sulfide) groups is 1. The number of benzene rings is 2. The van der Waals surface area contributed by atoms with Gasteiger partial charge < -0.3 is 4.52 Å². The number of hydrogen-bond acceptors (Lipinski definition) is 4. The molecule has 0 spiro atoms. The fraction of sp³-hybridized carbons (Fsp3) is 0.286. The lowest BCUT2D eigenvalue weighted by Crippen LogP contribution is -2.35. The predicted octanol–water partition coefficient (Wildman–Crippen LogP) is 4.94. The second kappa shape index (κ2) is 7.46. The van der Waals surface area contributed by atoms with Crippen molar-refractivity contribution in [2.75, 3.05) is 18.1 Å². The van der Waals surface area contributed by atoms with Crippen LogP contribution in [0.4, 0.5) is 0 Å². The summed E-state index contributed by atoms with van der Waals surface area (Å²) in [6.07, 6.45) is 0. The molecule has 1 saturated heterocycles. The quantitative estimate of drug-likeness (QED) is 0.666. The number of nitrogens with zero attached hydrogens (tertiary/aromatic N) is 2. The SMILES string of the molecule is Cc1ccc(C2CSCCN2Cc2cc(-c3ccccc3)no2)cc1. The summed E-state index contributed by atoms with van der Waals surface area (Å²) in [5.74, 6) is 3.23. The molecule has 0 amide bonds. The Morgan fingerprint density at radius 2 is 1.92 bits per heavy atom. The lowest BCUT2D eigenvalue weighted by molar-refractivity contribution is 0.187. The minimum atomic E-state index is 0.435. The first-order chi connectivity index (χ1) is 12.3. The first-order valence-corrected chi connectivity index (χ1v) is 9.84. The van der Waals surface area contributed by atoms with E-state index in [9.17, 15) is 0 Å². The third-order valence-corrected chi connectivity index (χ3v) is 5.71. The molecule has 1 aromatic heterocycles. The zero-order valence-electron chi connectivity index (χ0n) is 14.4. The molecule has 3 aromatic rings. The van der Waals surface area contributed by atoms with Crippen LogP contribution in [0.1, 0.15) is 22.9 Å². The summed E-state index contributed by atoms with van der Waals surface area (Å²) in [5.41, 5.74) is 4.71. The van der Waals surface area contributed by atoms with E-state index in [1.165, 1.54) is 16.9 Å². The summed E-state index contributed by atoms with van der Waals surface area (Å²) in [7, 11) is 0. The van der Waals surface area contributed by atoms with E-state index in [1.54, 1.807) is 0 Å². The molecule has 0 saturated carbocycles. The minimum Gasteiger partial charge on any atom is -0.359 e. The van der Waals surface area contributed by atoms with E-state index in [-0.39, 0.29) is 0 Å². The predicted molar refractivity (Wildman–Crippen MR) is 104 cm³/mol. The second-order valence-electron chi connectivity index (χ2n) is 6.52. The topological polar surface area (TPSA) is 29.3 Å². The lowest BCUT2D eigenvalue weighted by Gasteiger charge is -2.35. The van der Waals surface area contributed by atoms with E-state index < -0.39 is 0 Å². The van der Waals surface area contributed by atoms with Crippen molar-refractivity contribution in [1.82, 2.24) is 10.1 Å². The van der Waals surface area contributed by atoms with Gasteiger partial charge in [-0.1, -0.05) is 65.3 Å². The summed E-state index contributed by atoms with van der Waals surface area (Å²) >= 11 is 2.03. The largest absolute Gasteiger partial charge is 0.359 e. The Morgan fingerprint density at radius 1 is 1.12 bits per heavy atom. The van der Waals surface area contributed by atoms with Gasteiger partial charge in [-0.05, 0) is 12.5 Å². The Kier molecular flexibility index (Phi) is 4.90. The molecule has 0 bridgehead atoms. The van der Waals surface area contributed by atoms with E-state index in [4.69, 9.17) is 4.52 Å². The molecular weight excluding hydrogens is 328 g/mol. The fourth-order valence-electron chi connectivity index (χ4n) is 3.26. The Labute approximate surface area is 153 Å². The van der Waals surface area contributed by atoms with Crippen LogP contribution in [-0.2, 0) is 6.54 Å². The van der Waals surface area contributed by atoms with Crippen molar-refractivity contribution in [3.8, 4) is 11.3 Å². The highest BCUT2D eigenvalue weighted by Gasteiger charge is 2.25. The third-order valence-electron chi connectivity index (χ3n) is 4.69. The van der Waals surface area contributed by atoms with Gasteiger partial charge in [-0.15, -0.1) is 0 Å². The van der Waals surface area contributed by atoms with E-state index in [0.717, 1.165) is 35.9 Å². The van der Waals surface area contributed by atoms with Gasteiger partial charge in [0.15, 0.2) is 5.76 Å². The Bertz CT molecular complexity index is 813. The molecule has 0 N–H and O–H groups in total. The van der Waals surface area contributed by atoms with Crippen molar-refractivity contribution in [2.24, 2.45) is 0 Å². The first-order valence-electron chi connectivity index (χ1n) is 8.69. The molecule has 128 valence electrons. The van der Waals surface area contributed by atoms with Gasteiger partial charge in [0.1, 0.15) is 5.69 Å².